The molecule has 5 heteroatoms. The standard InChI is InChI=1S/C15H12F2N2O/c1-19-9-10-2-4-12(5-3-10)20-15-13(16)6-11(8-18)7-14(15)17/h2-7,19H,9H2,1H3. The minimum absolute atomic E-state index is 0.0864. The lowest BCUT2D eigenvalue weighted by Gasteiger charge is -2.09. The molecule has 102 valence electrons. The van der Waals surface area contributed by atoms with E-state index in [0.29, 0.717) is 12.3 Å². The van der Waals surface area contributed by atoms with Crippen molar-refractivity contribution in [2.75, 3.05) is 7.05 Å². The van der Waals surface area contributed by atoms with E-state index in [1.165, 1.54) is 0 Å². The van der Waals surface area contributed by atoms with E-state index in [2.05, 4.69) is 5.32 Å². The van der Waals surface area contributed by atoms with Gasteiger partial charge in [0.05, 0.1) is 11.6 Å². The number of nitriles is 1. The van der Waals surface area contributed by atoms with Gasteiger partial charge in [-0.15, -0.1) is 0 Å². The fourth-order valence-electron chi connectivity index (χ4n) is 1.72. The first-order valence-corrected chi connectivity index (χ1v) is 5.94. The van der Waals surface area contributed by atoms with Gasteiger partial charge in [-0.2, -0.15) is 5.26 Å². The first-order chi connectivity index (χ1) is 9.63. The molecule has 0 saturated heterocycles. The number of nitrogens with zero attached hydrogens (tertiary/aromatic N) is 1. The second kappa shape index (κ2) is 6.13. The van der Waals surface area contributed by atoms with Crippen LogP contribution >= 0.6 is 0 Å². The van der Waals surface area contributed by atoms with Gasteiger partial charge in [0.1, 0.15) is 5.75 Å². The molecule has 0 aromatic heterocycles. The molecule has 0 radical (unpaired) electrons. The van der Waals surface area contributed by atoms with Crippen LogP contribution in [0.4, 0.5) is 8.78 Å². The quantitative estimate of drug-likeness (QED) is 0.930. The van der Waals surface area contributed by atoms with E-state index in [4.69, 9.17) is 10.00 Å². The predicted molar refractivity (Wildman–Crippen MR) is 70.4 cm³/mol. The van der Waals surface area contributed by atoms with Crippen LogP contribution in [0.15, 0.2) is 36.4 Å². The lowest BCUT2D eigenvalue weighted by molar-refractivity contribution is 0.407. The number of rotatable bonds is 4. The van der Waals surface area contributed by atoms with Gasteiger partial charge in [-0.25, -0.2) is 8.78 Å². The highest BCUT2D eigenvalue weighted by molar-refractivity contribution is 5.40. The SMILES string of the molecule is CNCc1ccc(Oc2c(F)cc(C#N)cc2F)cc1. The molecule has 0 amide bonds. The topological polar surface area (TPSA) is 45.0 Å². The summed E-state index contributed by atoms with van der Waals surface area (Å²) in [7, 11) is 1.83. The summed E-state index contributed by atoms with van der Waals surface area (Å²) in [5.41, 5.74) is 0.942. The molecule has 20 heavy (non-hydrogen) atoms. The smallest absolute Gasteiger partial charge is 0.198 e. The molecule has 3 nitrogen and oxygen atoms in total. The van der Waals surface area contributed by atoms with Gasteiger partial charge in [0.2, 0.25) is 0 Å². The molecule has 0 spiro atoms. The summed E-state index contributed by atoms with van der Waals surface area (Å²) < 4.78 is 32.5. The fourth-order valence-corrected chi connectivity index (χ4v) is 1.72. The zero-order valence-electron chi connectivity index (χ0n) is 10.8. The molecule has 2 aromatic carbocycles. The van der Waals surface area contributed by atoms with Crippen molar-refractivity contribution in [3.05, 3.63) is 59.2 Å². The number of hydrogen-bond acceptors (Lipinski definition) is 3. The summed E-state index contributed by atoms with van der Waals surface area (Å²) in [6.45, 7) is 0.694. The number of nitrogens with one attached hydrogen (secondary N) is 1. The summed E-state index contributed by atoms with van der Waals surface area (Å²) in [5.74, 6) is -1.99. The van der Waals surface area contributed by atoms with Gasteiger partial charge in [0.25, 0.3) is 0 Å². The molecule has 1 N–H and O–H groups in total. The molecule has 0 bridgehead atoms. The van der Waals surface area contributed by atoms with Crippen LogP contribution in [-0.2, 0) is 6.54 Å². The van der Waals surface area contributed by atoms with E-state index >= 15 is 0 Å². The van der Waals surface area contributed by atoms with Crippen LogP contribution in [0.1, 0.15) is 11.1 Å². The van der Waals surface area contributed by atoms with Gasteiger partial charge < -0.3 is 10.1 Å². The molecule has 2 rings (SSSR count). The third-order valence-electron chi connectivity index (χ3n) is 2.65. The van der Waals surface area contributed by atoms with Gasteiger partial charge in [-0.05, 0) is 36.9 Å². The molecular formula is C15H12F2N2O. The van der Waals surface area contributed by atoms with Crippen molar-refractivity contribution < 1.29 is 13.5 Å². The van der Waals surface area contributed by atoms with Crippen molar-refractivity contribution in [1.82, 2.24) is 5.32 Å². The molecule has 0 unspecified atom stereocenters. The molecule has 0 saturated carbocycles. The molecule has 0 fully saturated rings. The molecule has 0 atom stereocenters. The van der Waals surface area contributed by atoms with E-state index in [1.54, 1.807) is 30.3 Å². The Labute approximate surface area is 115 Å². The Bertz CT molecular complexity index is 625. The van der Waals surface area contributed by atoms with E-state index in [1.807, 2.05) is 7.05 Å². The molecule has 0 aliphatic heterocycles. The Morgan fingerprint density at radius 2 is 1.75 bits per heavy atom. The fraction of sp³-hybridized carbons (Fsp3) is 0.133. The minimum Gasteiger partial charge on any atom is -0.451 e. The Balaban J connectivity index is 2.24. The van der Waals surface area contributed by atoms with Crippen LogP contribution in [0.2, 0.25) is 0 Å². The number of benzene rings is 2. The van der Waals surface area contributed by atoms with Crippen LogP contribution in [0.3, 0.4) is 0 Å². The maximum atomic E-state index is 13.7. The average molecular weight is 274 g/mol. The highest BCUT2D eigenvalue weighted by Crippen LogP contribution is 2.28. The second-order valence-corrected chi connectivity index (χ2v) is 4.16. The molecule has 0 aliphatic rings. The van der Waals surface area contributed by atoms with Crippen molar-refractivity contribution in [2.24, 2.45) is 0 Å². The van der Waals surface area contributed by atoms with Crippen molar-refractivity contribution in [3.63, 3.8) is 0 Å². The molecule has 0 aliphatic carbocycles. The van der Waals surface area contributed by atoms with Crippen molar-refractivity contribution in [3.8, 4) is 17.6 Å². The third kappa shape index (κ3) is 3.11. The van der Waals surface area contributed by atoms with Crippen LogP contribution in [0.5, 0.6) is 11.5 Å². The normalized spacial score (nSPS) is 10.1. The zero-order valence-corrected chi connectivity index (χ0v) is 10.8. The lowest BCUT2D eigenvalue weighted by Crippen LogP contribution is -2.04. The summed E-state index contributed by atoms with van der Waals surface area (Å²) in [5, 5.41) is 11.6. The molecular weight excluding hydrogens is 262 g/mol. The Kier molecular flexibility index (Phi) is 4.28. The van der Waals surface area contributed by atoms with Crippen LogP contribution in [-0.4, -0.2) is 7.05 Å². The van der Waals surface area contributed by atoms with Gasteiger partial charge in [0.15, 0.2) is 17.4 Å². The Morgan fingerprint density at radius 3 is 2.25 bits per heavy atom. The molecule has 0 heterocycles. The number of hydrogen-bond donors (Lipinski definition) is 1. The summed E-state index contributed by atoms with van der Waals surface area (Å²) in [4.78, 5) is 0. The summed E-state index contributed by atoms with van der Waals surface area (Å²) in [6, 6.07) is 10.4. The van der Waals surface area contributed by atoms with Crippen molar-refractivity contribution in [1.29, 1.82) is 5.26 Å². The van der Waals surface area contributed by atoms with Gasteiger partial charge >= 0.3 is 0 Å². The maximum Gasteiger partial charge on any atom is 0.198 e. The Hall–Kier alpha value is -2.45. The monoisotopic (exact) mass is 274 g/mol. The second-order valence-electron chi connectivity index (χ2n) is 4.16. The van der Waals surface area contributed by atoms with E-state index in [-0.39, 0.29) is 5.56 Å². The van der Waals surface area contributed by atoms with Crippen molar-refractivity contribution >= 4 is 0 Å². The first-order valence-electron chi connectivity index (χ1n) is 5.94. The van der Waals surface area contributed by atoms with E-state index in [9.17, 15) is 8.78 Å². The third-order valence-corrected chi connectivity index (χ3v) is 2.65. The first kappa shape index (κ1) is 14.0. The lowest BCUT2D eigenvalue weighted by atomic mass is 10.2. The number of ether oxygens (including phenoxy) is 1. The zero-order chi connectivity index (χ0) is 14.5. The van der Waals surface area contributed by atoms with Gasteiger partial charge in [-0.1, -0.05) is 12.1 Å². The van der Waals surface area contributed by atoms with E-state index in [0.717, 1.165) is 17.7 Å². The average Bonchev–Trinajstić information content (AvgIpc) is 2.44. The highest BCUT2D eigenvalue weighted by atomic mass is 19.1. The van der Waals surface area contributed by atoms with Crippen LogP contribution in [0.25, 0.3) is 0 Å². The molecule has 2 aromatic rings. The minimum atomic E-state index is -0.902. The maximum absolute atomic E-state index is 13.7. The predicted octanol–water partition coefficient (Wildman–Crippen LogP) is 3.35. The number of halogens is 2. The van der Waals surface area contributed by atoms with Gasteiger partial charge in [-0.3, -0.25) is 0 Å². The van der Waals surface area contributed by atoms with Gasteiger partial charge in [0, 0.05) is 6.54 Å². The van der Waals surface area contributed by atoms with E-state index < -0.39 is 17.4 Å². The van der Waals surface area contributed by atoms with Crippen LogP contribution in [0, 0.1) is 23.0 Å². The van der Waals surface area contributed by atoms with Crippen molar-refractivity contribution in [2.45, 2.75) is 6.54 Å². The largest absolute Gasteiger partial charge is 0.451 e. The Morgan fingerprint density at radius 1 is 1.15 bits per heavy atom. The summed E-state index contributed by atoms with van der Waals surface area (Å²) in [6.07, 6.45) is 0. The highest BCUT2D eigenvalue weighted by Gasteiger charge is 2.13. The summed E-state index contributed by atoms with van der Waals surface area (Å²) >= 11 is 0. The van der Waals surface area contributed by atoms with Crippen LogP contribution < -0.4 is 10.1 Å².